The quantitative estimate of drug-likeness (QED) is 0.674. The van der Waals surface area contributed by atoms with Crippen LogP contribution in [0.2, 0.25) is 0 Å². The molecule has 0 aromatic carbocycles. The minimum Gasteiger partial charge on any atom is -0.293 e. The van der Waals surface area contributed by atoms with Gasteiger partial charge in [0.25, 0.3) is 5.56 Å². The molecule has 5 heteroatoms. The summed E-state index contributed by atoms with van der Waals surface area (Å²) in [6, 6.07) is 1.76. The van der Waals surface area contributed by atoms with Gasteiger partial charge in [-0.3, -0.25) is 14.3 Å². The molecule has 0 bridgehead atoms. The molecule has 0 unspecified atom stereocenters. The molecule has 14 heavy (non-hydrogen) atoms. The molecule has 1 aromatic heterocycles. The number of hydrogen-bond donors (Lipinski definition) is 1. The molecule has 1 fully saturated rings. The Labute approximate surface area is 79.6 Å². The molecule has 5 nitrogen and oxygen atoms in total. The summed E-state index contributed by atoms with van der Waals surface area (Å²) in [4.78, 5) is 24.6. The standard InChI is InChI=1S/C9H9N3O2/c1-9(2-3-9)12-5-6(4-10)7(13)11-8(12)14/h5H,2-3H2,1H3,(H,11,13,14). The normalized spacial score (nSPS) is 17.4. The van der Waals surface area contributed by atoms with Gasteiger partial charge in [-0.15, -0.1) is 0 Å². The van der Waals surface area contributed by atoms with Crippen molar-refractivity contribution >= 4 is 0 Å². The van der Waals surface area contributed by atoms with E-state index < -0.39 is 11.2 Å². The lowest BCUT2D eigenvalue weighted by Crippen LogP contribution is -2.35. The topological polar surface area (TPSA) is 78.7 Å². The van der Waals surface area contributed by atoms with Crippen LogP contribution >= 0.6 is 0 Å². The Balaban J connectivity index is 2.69. The van der Waals surface area contributed by atoms with E-state index in [2.05, 4.69) is 4.98 Å². The second-order valence-corrected chi connectivity index (χ2v) is 3.78. The average Bonchev–Trinajstić information content (AvgIpc) is 2.85. The van der Waals surface area contributed by atoms with Gasteiger partial charge in [0, 0.05) is 11.7 Å². The van der Waals surface area contributed by atoms with E-state index in [1.54, 1.807) is 6.07 Å². The molecule has 0 aliphatic heterocycles. The largest absolute Gasteiger partial charge is 0.328 e. The zero-order valence-corrected chi connectivity index (χ0v) is 7.70. The van der Waals surface area contributed by atoms with Gasteiger partial charge in [-0.2, -0.15) is 5.26 Å². The predicted octanol–water partition coefficient (Wildman–Crippen LogP) is -0.0827. The monoisotopic (exact) mass is 191 g/mol. The number of aromatic nitrogens is 2. The minimum atomic E-state index is -0.613. The molecule has 0 saturated heterocycles. The maximum Gasteiger partial charge on any atom is 0.328 e. The van der Waals surface area contributed by atoms with Crippen molar-refractivity contribution in [1.82, 2.24) is 9.55 Å². The van der Waals surface area contributed by atoms with Crippen LogP contribution in [-0.2, 0) is 5.54 Å². The molecule has 72 valence electrons. The molecule has 0 amide bonds. The lowest BCUT2D eigenvalue weighted by Gasteiger charge is -2.11. The van der Waals surface area contributed by atoms with E-state index in [1.165, 1.54) is 10.8 Å². The second-order valence-electron chi connectivity index (χ2n) is 3.78. The Morgan fingerprint density at radius 2 is 2.21 bits per heavy atom. The highest BCUT2D eigenvalue weighted by Crippen LogP contribution is 2.41. The van der Waals surface area contributed by atoms with Gasteiger partial charge in [0.15, 0.2) is 0 Å². The van der Waals surface area contributed by atoms with Gasteiger partial charge in [0.05, 0.1) is 0 Å². The fourth-order valence-electron chi connectivity index (χ4n) is 1.37. The molecule has 0 radical (unpaired) electrons. The molecule has 1 aliphatic rings. The molecule has 1 saturated carbocycles. The van der Waals surface area contributed by atoms with E-state index in [-0.39, 0.29) is 11.1 Å². The minimum absolute atomic E-state index is 0.0160. The van der Waals surface area contributed by atoms with Crippen LogP contribution in [0.4, 0.5) is 0 Å². The highest BCUT2D eigenvalue weighted by molar-refractivity contribution is 5.23. The second kappa shape index (κ2) is 2.58. The molecule has 0 atom stereocenters. The Kier molecular flexibility index (Phi) is 1.61. The van der Waals surface area contributed by atoms with Crippen molar-refractivity contribution in [3.05, 3.63) is 32.6 Å². The Hall–Kier alpha value is -1.83. The summed E-state index contributed by atoms with van der Waals surface area (Å²) in [7, 11) is 0. The van der Waals surface area contributed by atoms with Gasteiger partial charge in [-0.25, -0.2) is 4.79 Å². The van der Waals surface area contributed by atoms with E-state index >= 15 is 0 Å². The summed E-state index contributed by atoms with van der Waals surface area (Å²) in [5.41, 5.74) is -1.27. The van der Waals surface area contributed by atoms with Crippen LogP contribution in [0.1, 0.15) is 25.3 Å². The van der Waals surface area contributed by atoms with E-state index in [4.69, 9.17) is 5.26 Å². The SMILES string of the molecule is CC1(n2cc(C#N)c(=O)[nH]c2=O)CC1. The fourth-order valence-corrected chi connectivity index (χ4v) is 1.37. The fraction of sp³-hybridized carbons (Fsp3) is 0.444. The Morgan fingerprint density at radius 1 is 1.57 bits per heavy atom. The molecule has 0 spiro atoms. The van der Waals surface area contributed by atoms with Crippen LogP contribution in [0.25, 0.3) is 0 Å². The van der Waals surface area contributed by atoms with Crippen LogP contribution in [0.5, 0.6) is 0 Å². The maximum absolute atomic E-state index is 11.4. The number of nitrogens with zero attached hydrogens (tertiary/aromatic N) is 2. The summed E-state index contributed by atoms with van der Waals surface area (Å²) < 4.78 is 1.44. The lowest BCUT2D eigenvalue weighted by atomic mass is 10.3. The van der Waals surface area contributed by atoms with Crippen molar-refractivity contribution in [2.75, 3.05) is 0 Å². The number of H-pyrrole nitrogens is 1. The molecule has 1 aliphatic carbocycles. The van der Waals surface area contributed by atoms with E-state index in [1.807, 2.05) is 6.92 Å². The van der Waals surface area contributed by atoms with Crippen molar-refractivity contribution in [2.24, 2.45) is 0 Å². The zero-order chi connectivity index (χ0) is 10.3. The number of aromatic amines is 1. The number of rotatable bonds is 1. The first-order valence-electron chi connectivity index (χ1n) is 4.33. The summed E-state index contributed by atoms with van der Waals surface area (Å²) in [6.07, 6.45) is 3.15. The van der Waals surface area contributed by atoms with Crippen LogP contribution in [0, 0.1) is 11.3 Å². The van der Waals surface area contributed by atoms with Gasteiger partial charge in [0.1, 0.15) is 11.6 Å². The van der Waals surface area contributed by atoms with E-state index in [9.17, 15) is 9.59 Å². The first-order chi connectivity index (χ1) is 6.57. The molecule has 2 rings (SSSR count). The van der Waals surface area contributed by atoms with Gasteiger partial charge in [-0.05, 0) is 19.8 Å². The molecule has 1 aromatic rings. The predicted molar refractivity (Wildman–Crippen MR) is 48.9 cm³/mol. The van der Waals surface area contributed by atoms with Crippen molar-refractivity contribution < 1.29 is 0 Å². The Bertz CT molecular complexity index is 528. The molecule has 1 N–H and O–H groups in total. The van der Waals surface area contributed by atoms with Crippen LogP contribution in [0.15, 0.2) is 15.8 Å². The molecule has 1 heterocycles. The van der Waals surface area contributed by atoms with E-state index in [0.29, 0.717) is 0 Å². The zero-order valence-electron chi connectivity index (χ0n) is 7.70. The van der Waals surface area contributed by atoms with Gasteiger partial charge in [0.2, 0.25) is 0 Å². The summed E-state index contributed by atoms with van der Waals surface area (Å²) in [5, 5.41) is 8.63. The van der Waals surface area contributed by atoms with Gasteiger partial charge < -0.3 is 0 Å². The molecular weight excluding hydrogens is 182 g/mol. The van der Waals surface area contributed by atoms with Crippen molar-refractivity contribution in [3.63, 3.8) is 0 Å². The number of nitriles is 1. The lowest BCUT2D eigenvalue weighted by molar-refractivity contribution is 0.499. The first kappa shape index (κ1) is 8.75. The third kappa shape index (κ3) is 1.16. The van der Waals surface area contributed by atoms with Crippen molar-refractivity contribution in [3.8, 4) is 6.07 Å². The third-order valence-electron chi connectivity index (χ3n) is 2.62. The number of nitrogens with one attached hydrogen (secondary N) is 1. The highest BCUT2D eigenvalue weighted by atomic mass is 16.2. The summed E-state index contributed by atoms with van der Waals surface area (Å²) in [6.45, 7) is 1.92. The average molecular weight is 191 g/mol. The summed E-state index contributed by atoms with van der Waals surface area (Å²) >= 11 is 0. The highest BCUT2D eigenvalue weighted by Gasteiger charge is 2.40. The van der Waals surface area contributed by atoms with E-state index in [0.717, 1.165) is 12.8 Å². The smallest absolute Gasteiger partial charge is 0.293 e. The maximum atomic E-state index is 11.4. The van der Waals surface area contributed by atoms with Crippen molar-refractivity contribution in [1.29, 1.82) is 5.26 Å². The van der Waals surface area contributed by atoms with Crippen LogP contribution in [0.3, 0.4) is 0 Å². The summed E-state index contributed by atoms with van der Waals surface area (Å²) in [5.74, 6) is 0. The Morgan fingerprint density at radius 3 is 2.71 bits per heavy atom. The van der Waals surface area contributed by atoms with Gasteiger partial charge >= 0.3 is 5.69 Å². The van der Waals surface area contributed by atoms with Gasteiger partial charge in [-0.1, -0.05) is 0 Å². The molecular formula is C9H9N3O2. The third-order valence-corrected chi connectivity index (χ3v) is 2.62. The first-order valence-corrected chi connectivity index (χ1v) is 4.33. The van der Waals surface area contributed by atoms with Crippen LogP contribution < -0.4 is 11.2 Å². The number of hydrogen-bond acceptors (Lipinski definition) is 3. The van der Waals surface area contributed by atoms with Crippen molar-refractivity contribution in [2.45, 2.75) is 25.3 Å². The van der Waals surface area contributed by atoms with Crippen LogP contribution in [-0.4, -0.2) is 9.55 Å².